The molecular weight excluding hydrogens is 268 g/mol. The molecule has 1 N–H and O–H groups in total. The lowest BCUT2D eigenvalue weighted by molar-refractivity contribution is 0.624. The Kier molecular flexibility index (Phi) is 4.38. The summed E-state index contributed by atoms with van der Waals surface area (Å²) >= 11 is 5.83. The fourth-order valence-electron chi connectivity index (χ4n) is 1.90. The molecule has 0 bridgehead atoms. The summed E-state index contributed by atoms with van der Waals surface area (Å²) in [4.78, 5) is 0. The SMILES string of the molecule is CC(Cc1ccc(F)cc1)Nc1cc(Cl)ccc1F. The van der Waals surface area contributed by atoms with Gasteiger partial charge in [-0.05, 0) is 49.2 Å². The normalized spacial score (nSPS) is 12.2. The number of benzene rings is 2. The molecule has 1 nitrogen and oxygen atoms in total. The van der Waals surface area contributed by atoms with Gasteiger partial charge in [-0.3, -0.25) is 0 Å². The highest BCUT2D eigenvalue weighted by Crippen LogP contribution is 2.21. The summed E-state index contributed by atoms with van der Waals surface area (Å²) in [7, 11) is 0. The minimum Gasteiger partial charge on any atom is -0.380 e. The molecule has 0 heterocycles. The van der Waals surface area contributed by atoms with Crippen LogP contribution in [-0.2, 0) is 6.42 Å². The smallest absolute Gasteiger partial charge is 0.146 e. The third-order valence-electron chi connectivity index (χ3n) is 2.79. The van der Waals surface area contributed by atoms with Gasteiger partial charge in [0.1, 0.15) is 11.6 Å². The van der Waals surface area contributed by atoms with Gasteiger partial charge >= 0.3 is 0 Å². The van der Waals surface area contributed by atoms with E-state index in [0.29, 0.717) is 17.1 Å². The monoisotopic (exact) mass is 281 g/mol. The maximum atomic E-state index is 13.6. The zero-order chi connectivity index (χ0) is 13.8. The van der Waals surface area contributed by atoms with E-state index in [1.54, 1.807) is 18.2 Å². The lowest BCUT2D eigenvalue weighted by atomic mass is 10.1. The molecule has 0 aliphatic heterocycles. The van der Waals surface area contributed by atoms with Crippen LogP contribution in [0.25, 0.3) is 0 Å². The average molecular weight is 282 g/mol. The Morgan fingerprint density at radius 1 is 1.11 bits per heavy atom. The molecule has 0 aromatic heterocycles. The number of nitrogens with one attached hydrogen (secondary N) is 1. The second kappa shape index (κ2) is 6.02. The maximum Gasteiger partial charge on any atom is 0.146 e. The first-order valence-electron chi connectivity index (χ1n) is 6.00. The molecule has 100 valence electrons. The molecule has 4 heteroatoms. The Morgan fingerprint density at radius 2 is 1.79 bits per heavy atom. The first-order chi connectivity index (χ1) is 9.04. The first-order valence-corrected chi connectivity index (χ1v) is 6.38. The third kappa shape index (κ3) is 3.93. The van der Waals surface area contributed by atoms with Crippen LogP contribution in [0.5, 0.6) is 0 Å². The molecule has 0 aliphatic rings. The second-order valence-electron chi connectivity index (χ2n) is 4.50. The molecule has 2 rings (SSSR count). The quantitative estimate of drug-likeness (QED) is 0.859. The molecular formula is C15H14ClF2N. The van der Waals surface area contributed by atoms with Crippen molar-refractivity contribution in [2.45, 2.75) is 19.4 Å². The highest BCUT2D eigenvalue weighted by atomic mass is 35.5. The Hall–Kier alpha value is -1.61. The van der Waals surface area contributed by atoms with E-state index in [1.165, 1.54) is 24.3 Å². The Bertz CT molecular complexity index is 555. The zero-order valence-electron chi connectivity index (χ0n) is 10.5. The predicted molar refractivity (Wildman–Crippen MR) is 74.6 cm³/mol. The summed E-state index contributed by atoms with van der Waals surface area (Å²) in [5, 5.41) is 3.55. The van der Waals surface area contributed by atoms with Gasteiger partial charge in [0.2, 0.25) is 0 Å². The van der Waals surface area contributed by atoms with Crippen molar-refractivity contribution in [1.29, 1.82) is 0 Å². The summed E-state index contributed by atoms with van der Waals surface area (Å²) < 4.78 is 26.3. The van der Waals surface area contributed by atoms with Gasteiger partial charge in [0.15, 0.2) is 0 Å². The number of anilines is 1. The van der Waals surface area contributed by atoms with Crippen molar-refractivity contribution in [3.8, 4) is 0 Å². The van der Waals surface area contributed by atoms with Gasteiger partial charge in [0, 0.05) is 11.1 Å². The van der Waals surface area contributed by atoms with Gasteiger partial charge in [-0.1, -0.05) is 23.7 Å². The number of rotatable bonds is 4. The summed E-state index contributed by atoms with van der Waals surface area (Å²) in [6.45, 7) is 1.93. The van der Waals surface area contributed by atoms with Crippen LogP contribution in [0.15, 0.2) is 42.5 Å². The topological polar surface area (TPSA) is 12.0 Å². The molecule has 0 saturated carbocycles. The fraction of sp³-hybridized carbons (Fsp3) is 0.200. The minimum atomic E-state index is -0.338. The summed E-state index contributed by atoms with van der Waals surface area (Å²) in [6, 6.07) is 10.7. The molecule has 1 atom stereocenters. The molecule has 0 spiro atoms. The average Bonchev–Trinajstić information content (AvgIpc) is 2.37. The van der Waals surface area contributed by atoms with Crippen molar-refractivity contribution in [3.63, 3.8) is 0 Å². The van der Waals surface area contributed by atoms with Gasteiger partial charge in [-0.15, -0.1) is 0 Å². The fourth-order valence-corrected chi connectivity index (χ4v) is 2.07. The van der Waals surface area contributed by atoms with E-state index in [1.807, 2.05) is 6.92 Å². The molecule has 0 aliphatic carbocycles. The Morgan fingerprint density at radius 3 is 2.47 bits per heavy atom. The Labute approximate surface area is 116 Å². The molecule has 1 unspecified atom stereocenters. The van der Waals surface area contributed by atoms with Crippen LogP contribution >= 0.6 is 11.6 Å². The lowest BCUT2D eigenvalue weighted by Gasteiger charge is -2.16. The van der Waals surface area contributed by atoms with Crippen LogP contribution < -0.4 is 5.32 Å². The van der Waals surface area contributed by atoms with Crippen LogP contribution in [0.4, 0.5) is 14.5 Å². The molecule has 2 aromatic carbocycles. The van der Waals surface area contributed by atoms with Crippen molar-refractivity contribution in [2.75, 3.05) is 5.32 Å². The second-order valence-corrected chi connectivity index (χ2v) is 4.94. The van der Waals surface area contributed by atoms with Gasteiger partial charge in [0.05, 0.1) is 5.69 Å². The van der Waals surface area contributed by atoms with E-state index in [0.717, 1.165) is 5.56 Å². The first kappa shape index (κ1) is 13.8. The maximum absolute atomic E-state index is 13.6. The van der Waals surface area contributed by atoms with E-state index < -0.39 is 0 Å². The van der Waals surface area contributed by atoms with Gasteiger partial charge in [0.25, 0.3) is 0 Å². The van der Waals surface area contributed by atoms with Crippen LogP contribution in [0.3, 0.4) is 0 Å². The van der Waals surface area contributed by atoms with Crippen molar-refractivity contribution in [3.05, 3.63) is 64.7 Å². The standard InChI is InChI=1S/C15H14ClF2N/c1-10(8-11-2-5-13(17)6-3-11)19-15-9-12(16)4-7-14(15)18/h2-7,9-10,19H,8H2,1H3. The van der Waals surface area contributed by atoms with Gasteiger partial charge in [-0.25, -0.2) is 8.78 Å². The largest absolute Gasteiger partial charge is 0.380 e. The third-order valence-corrected chi connectivity index (χ3v) is 3.02. The van der Waals surface area contributed by atoms with Crippen LogP contribution in [0.2, 0.25) is 5.02 Å². The molecule has 2 aromatic rings. The van der Waals surface area contributed by atoms with Crippen LogP contribution in [0.1, 0.15) is 12.5 Å². The van der Waals surface area contributed by atoms with Crippen LogP contribution in [0, 0.1) is 11.6 Å². The van der Waals surface area contributed by atoms with Crippen molar-refractivity contribution < 1.29 is 8.78 Å². The van der Waals surface area contributed by atoms with Crippen molar-refractivity contribution in [2.24, 2.45) is 0 Å². The van der Waals surface area contributed by atoms with Gasteiger partial charge < -0.3 is 5.32 Å². The predicted octanol–water partition coefficient (Wildman–Crippen LogP) is 4.66. The lowest BCUT2D eigenvalue weighted by Crippen LogP contribution is -2.18. The van der Waals surface area contributed by atoms with Crippen molar-refractivity contribution in [1.82, 2.24) is 0 Å². The van der Waals surface area contributed by atoms with E-state index in [9.17, 15) is 8.78 Å². The highest BCUT2D eigenvalue weighted by molar-refractivity contribution is 6.30. The molecule has 0 radical (unpaired) electrons. The number of halogens is 3. The molecule has 0 amide bonds. The highest BCUT2D eigenvalue weighted by Gasteiger charge is 2.08. The van der Waals surface area contributed by atoms with E-state index in [4.69, 9.17) is 11.6 Å². The molecule has 19 heavy (non-hydrogen) atoms. The summed E-state index contributed by atoms with van der Waals surface area (Å²) in [5.74, 6) is -0.597. The number of hydrogen-bond donors (Lipinski definition) is 1. The minimum absolute atomic E-state index is 0.0124. The van der Waals surface area contributed by atoms with Gasteiger partial charge in [-0.2, -0.15) is 0 Å². The summed E-state index contributed by atoms with van der Waals surface area (Å²) in [5.41, 5.74) is 1.37. The Balaban J connectivity index is 2.02. The molecule has 0 fully saturated rings. The number of hydrogen-bond acceptors (Lipinski definition) is 1. The van der Waals surface area contributed by atoms with Crippen LogP contribution in [-0.4, -0.2) is 6.04 Å². The molecule has 0 saturated heterocycles. The van der Waals surface area contributed by atoms with E-state index >= 15 is 0 Å². The van der Waals surface area contributed by atoms with Crippen molar-refractivity contribution >= 4 is 17.3 Å². The van der Waals surface area contributed by atoms with E-state index in [2.05, 4.69) is 5.32 Å². The van der Waals surface area contributed by atoms with E-state index in [-0.39, 0.29) is 17.7 Å². The summed E-state index contributed by atoms with van der Waals surface area (Å²) in [6.07, 6.45) is 0.673. The zero-order valence-corrected chi connectivity index (χ0v) is 11.2.